The predicted molar refractivity (Wildman–Crippen MR) is 77.9 cm³/mol. The van der Waals surface area contributed by atoms with E-state index in [1.54, 1.807) is 31.2 Å². The van der Waals surface area contributed by atoms with Gasteiger partial charge in [-0.05, 0) is 36.8 Å². The van der Waals surface area contributed by atoms with Crippen LogP contribution in [0.1, 0.15) is 11.1 Å². The lowest BCUT2D eigenvalue weighted by atomic mass is 10.2. The van der Waals surface area contributed by atoms with Crippen LogP contribution in [0.4, 0.5) is 14.5 Å². The minimum absolute atomic E-state index is 0.0426. The number of anilines is 1. The molecule has 3 nitrogen and oxygen atoms in total. The molecule has 5 heteroatoms. The van der Waals surface area contributed by atoms with Crippen LogP contribution in [-0.2, 0) is 11.3 Å². The molecule has 110 valence electrons. The van der Waals surface area contributed by atoms with Crippen molar-refractivity contribution in [3.05, 3.63) is 65.2 Å². The maximum atomic E-state index is 13.4. The van der Waals surface area contributed by atoms with Crippen LogP contribution in [-0.4, -0.2) is 12.5 Å². The van der Waals surface area contributed by atoms with Crippen LogP contribution in [0.3, 0.4) is 0 Å². The lowest BCUT2D eigenvalue weighted by Gasteiger charge is -2.10. The summed E-state index contributed by atoms with van der Waals surface area (Å²) in [7, 11) is 0. The van der Waals surface area contributed by atoms with Gasteiger partial charge in [-0.1, -0.05) is 18.2 Å². The second-order valence-corrected chi connectivity index (χ2v) is 4.68. The van der Waals surface area contributed by atoms with Crippen LogP contribution in [0, 0.1) is 18.6 Å². The molecule has 0 aromatic heterocycles. The molecule has 0 aliphatic rings. The first-order valence-corrected chi connectivity index (χ1v) is 6.56. The molecule has 2 aromatic carbocycles. The molecule has 0 aliphatic carbocycles. The molecule has 2 aromatic rings. The number of nitrogens with one attached hydrogen (secondary N) is 2. The van der Waals surface area contributed by atoms with Crippen molar-refractivity contribution in [3.63, 3.8) is 0 Å². The Morgan fingerprint density at radius 2 is 1.90 bits per heavy atom. The highest BCUT2D eigenvalue weighted by Gasteiger charge is 2.05. The van der Waals surface area contributed by atoms with Gasteiger partial charge in [-0.2, -0.15) is 0 Å². The normalized spacial score (nSPS) is 10.2. The second kappa shape index (κ2) is 6.83. The molecule has 2 N–H and O–H groups in total. The van der Waals surface area contributed by atoms with Crippen LogP contribution < -0.4 is 10.6 Å². The van der Waals surface area contributed by atoms with Gasteiger partial charge >= 0.3 is 0 Å². The molecule has 0 saturated heterocycles. The van der Waals surface area contributed by atoms with Crippen molar-refractivity contribution in [2.24, 2.45) is 0 Å². The fraction of sp³-hybridized carbons (Fsp3) is 0.188. The highest BCUT2D eigenvalue weighted by Crippen LogP contribution is 2.15. The van der Waals surface area contributed by atoms with Gasteiger partial charge in [-0.25, -0.2) is 8.78 Å². The summed E-state index contributed by atoms with van der Waals surface area (Å²) in [6.07, 6.45) is 0. The van der Waals surface area contributed by atoms with Crippen LogP contribution in [0.5, 0.6) is 0 Å². The van der Waals surface area contributed by atoms with E-state index in [4.69, 9.17) is 0 Å². The number of rotatable bonds is 5. The van der Waals surface area contributed by atoms with E-state index in [0.717, 1.165) is 5.56 Å². The number of hydrogen-bond acceptors (Lipinski definition) is 2. The van der Waals surface area contributed by atoms with Crippen molar-refractivity contribution in [1.29, 1.82) is 0 Å². The number of halogens is 2. The molecule has 0 fully saturated rings. The zero-order valence-corrected chi connectivity index (χ0v) is 11.6. The number of benzene rings is 2. The largest absolute Gasteiger partial charge is 0.376 e. The third kappa shape index (κ3) is 4.27. The summed E-state index contributed by atoms with van der Waals surface area (Å²) in [6.45, 7) is 1.93. The average Bonchev–Trinajstić information content (AvgIpc) is 2.45. The summed E-state index contributed by atoms with van der Waals surface area (Å²) in [4.78, 5) is 11.7. The topological polar surface area (TPSA) is 41.1 Å². The van der Waals surface area contributed by atoms with Gasteiger partial charge in [-0.3, -0.25) is 4.79 Å². The van der Waals surface area contributed by atoms with Crippen LogP contribution in [0.15, 0.2) is 42.5 Å². The molecule has 0 heterocycles. The quantitative estimate of drug-likeness (QED) is 0.889. The molecule has 0 atom stereocenters. The molecule has 1 amide bonds. The summed E-state index contributed by atoms with van der Waals surface area (Å²) >= 11 is 0. The Labute approximate surface area is 122 Å². The first-order chi connectivity index (χ1) is 10.1. The molecular weight excluding hydrogens is 274 g/mol. The third-order valence-electron chi connectivity index (χ3n) is 3.06. The van der Waals surface area contributed by atoms with E-state index in [1.807, 2.05) is 0 Å². The fourth-order valence-corrected chi connectivity index (χ4v) is 1.90. The van der Waals surface area contributed by atoms with Gasteiger partial charge in [0.15, 0.2) is 0 Å². The fourth-order valence-electron chi connectivity index (χ4n) is 1.90. The van der Waals surface area contributed by atoms with Crippen molar-refractivity contribution in [1.82, 2.24) is 5.32 Å². The van der Waals surface area contributed by atoms with Gasteiger partial charge in [-0.15, -0.1) is 0 Å². The van der Waals surface area contributed by atoms with Crippen LogP contribution in [0.2, 0.25) is 0 Å². The summed E-state index contributed by atoms with van der Waals surface area (Å²) in [5.74, 6) is -0.927. The van der Waals surface area contributed by atoms with Gasteiger partial charge in [0.2, 0.25) is 5.91 Å². The maximum absolute atomic E-state index is 13.4. The van der Waals surface area contributed by atoms with Crippen LogP contribution >= 0.6 is 0 Å². The average molecular weight is 290 g/mol. The Morgan fingerprint density at radius 3 is 2.62 bits per heavy atom. The number of aryl methyl sites for hydroxylation is 1. The zero-order chi connectivity index (χ0) is 15.2. The number of carbonyl (C=O) groups excluding carboxylic acids is 1. The summed E-state index contributed by atoms with van der Waals surface area (Å²) in [5, 5.41) is 5.54. The zero-order valence-electron chi connectivity index (χ0n) is 11.6. The van der Waals surface area contributed by atoms with E-state index in [1.165, 1.54) is 18.2 Å². The minimum atomic E-state index is -0.347. The van der Waals surface area contributed by atoms with E-state index < -0.39 is 0 Å². The predicted octanol–water partition coefficient (Wildman–Crippen LogP) is 3.00. The Hall–Kier alpha value is -2.43. The van der Waals surface area contributed by atoms with Crippen molar-refractivity contribution < 1.29 is 13.6 Å². The van der Waals surface area contributed by atoms with E-state index >= 15 is 0 Å². The minimum Gasteiger partial charge on any atom is -0.376 e. The third-order valence-corrected chi connectivity index (χ3v) is 3.06. The van der Waals surface area contributed by atoms with Crippen molar-refractivity contribution in [3.8, 4) is 0 Å². The number of carbonyl (C=O) groups is 1. The highest BCUT2D eigenvalue weighted by atomic mass is 19.1. The van der Waals surface area contributed by atoms with Crippen molar-refractivity contribution in [2.75, 3.05) is 11.9 Å². The SMILES string of the molecule is Cc1cc(F)ccc1NCC(=O)NCc1ccccc1F. The number of amides is 1. The maximum Gasteiger partial charge on any atom is 0.239 e. The Bertz CT molecular complexity index is 644. The van der Waals surface area contributed by atoms with Crippen LogP contribution in [0.25, 0.3) is 0 Å². The second-order valence-electron chi connectivity index (χ2n) is 4.68. The molecule has 0 bridgehead atoms. The lowest BCUT2D eigenvalue weighted by molar-refractivity contribution is -0.119. The van der Waals surface area contributed by atoms with Gasteiger partial charge in [0.25, 0.3) is 0 Å². The molecule has 0 spiro atoms. The summed E-state index contributed by atoms with van der Waals surface area (Å²) < 4.78 is 26.3. The highest BCUT2D eigenvalue weighted by molar-refractivity contribution is 5.80. The molecule has 0 saturated carbocycles. The molecule has 21 heavy (non-hydrogen) atoms. The number of hydrogen-bond donors (Lipinski definition) is 2. The van der Waals surface area contributed by atoms with Gasteiger partial charge in [0.1, 0.15) is 11.6 Å². The molecule has 0 unspecified atom stereocenters. The summed E-state index contributed by atoms with van der Waals surface area (Å²) in [6, 6.07) is 10.6. The standard InChI is InChI=1S/C16H16F2N2O/c1-11-8-13(17)6-7-15(11)19-10-16(21)20-9-12-4-2-3-5-14(12)18/h2-8,19H,9-10H2,1H3,(H,20,21). The van der Waals surface area contributed by atoms with Gasteiger partial charge in [0, 0.05) is 17.8 Å². The first-order valence-electron chi connectivity index (χ1n) is 6.56. The smallest absolute Gasteiger partial charge is 0.239 e. The monoisotopic (exact) mass is 290 g/mol. The van der Waals surface area contributed by atoms with E-state index in [0.29, 0.717) is 11.3 Å². The Morgan fingerprint density at radius 1 is 1.14 bits per heavy atom. The van der Waals surface area contributed by atoms with Crippen molar-refractivity contribution >= 4 is 11.6 Å². The molecule has 2 rings (SSSR count). The Balaban J connectivity index is 1.84. The van der Waals surface area contributed by atoms with Gasteiger partial charge < -0.3 is 10.6 Å². The van der Waals surface area contributed by atoms with Crippen molar-refractivity contribution in [2.45, 2.75) is 13.5 Å². The summed E-state index contributed by atoms with van der Waals surface area (Å²) in [5.41, 5.74) is 1.85. The van der Waals surface area contributed by atoms with E-state index in [-0.39, 0.29) is 30.6 Å². The Kier molecular flexibility index (Phi) is 4.87. The van der Waals surface area contributed by atoms with E-state index in [2.05, 4.69) is 10.6 Å². The first kappa shape index (κ1) is 15.0. The molecule has 0 aliphatic heterocycles. The lowest BCUT2D eigenvalue weighted by Crippen LogP contribution is -2.29. The van der Waals surface area contributed by atoms with Gasteiger partial charge in [0.05, 0.1) is 6.54 Å². The van der Waals surface area contributed by atoms with E-state index in [9.17, 15) is 13.6 Å². The molecular formula is C16H16F2N2O. The molecule has 0 radical (unpaired) electrons.